The molecule has 0 unspecified atom stereocenters. The molecular formula is C14H13N5OS. The number of anilines is 3. The van der Waals surface area contributed by atoms with Crippen molar-refractivity contribution in [2.24, 2.45) is 0 Å². The number of nitrogens with one attached hydrogen (secondary N) is 2. The van der Waals surface area contributed by atoms with Gasteiger partial charge in [-0.25, -0.2) is 4.98 Å². The normalized spacial score (nSPS) is 10.5. The highest BCUT2D eigenvalue weighted by Crippen LogP contribution is 2.25. The summed E-state index contributed by atoms with van der Waals surface area (Å²) in [5.74, 6) is -0.0702. The molecule has 106 valence electrons. The molecule has 4 N–H and O–H groups in total. The van der Waals surface area contributed by atoms with Crippen molar-refractivity contribution in [3.63, 3.8) is 0 Å². The van der Waals surface area contributed by atoms with Crippen LogP contribution in [0.15, 0.2) is 36.5 Å². The van der Waals surface area contributed by atoms with Gasteiger partial charge >= 0.3 is 0 Å². The summed E-state index contributed by atoms with van der Waals surface area (Å²) < 4.78 is 0. The van der Waals surface area contributed by atoms with Gasteiger partial charge in [0.25, 0.3) is 5.91 Å². The number of benzene rings is 1. The number of amides is 1. The van der Waals surface area contributed by atoms with E-state index in [0.717, 1.165) is 10.9 Å². The molecule has 3 aromatic rings. The van der Waals surface area contributed by atoms with E-state index in [0.29, 0.717) is 15.7 Å². The van der Waals surface area contributed by atoms with Crippen LogP contribution in [-0.4, -0.2) is 22.9 Å². The maximum atomic E-state index is 12.2. The van der Waals surface area contributed by atoms with Crippen LogP contribution in [-0.2, 0) is 0 Å². The van der Waals surface area contributed by atoms with E-state index in [9.17, 15) is 4.79 Å². The van der Waals surface area contributed by atoms with Crippen LogP contribution in [0.4, 0.5) is 16.6 Å². The number of nitrogens with two attached hydrogens (primary N) is 1. The first-order valence-corrected chi connectivity index (χ1v) is 7.09. The van der Waals surface area contributed by atoms with Crippen molar-refractivity contribution in [1.82, 2.24) is 9.97 Å². The van der Waals surface area contributed by atoms with Crippen molar-refractivity contribution in [3.05, 3.63) is 41.4 Å². The molecule has 0 aliphatic heterocycles. The number of carbonyl (C=O) groups excluding carboxylic acids is 1. The van der Waals surface area contributed by atoms with Crippen LogP contribution in [0.2, 0.25) is 0 Å². The van der Waals surface area contributed by atoms with E-state index in [1.807, 2.05) is 30.3 Å². The van der Waals surface area contributed by atoms with Crippen molar-refractivity contribution in [2.45, 2.75) is 0 Å². The van der Waals surface area contributed by atoms with Gasteiger partial charge in [-0.15, -0.1) is 0 Å². The summed E-state index contributed by atoms with van der Waals surface area (Å²) in [7, 11) is 1.73. The van der Waals surface area contributed by atoms with E-state index in [4.69, 9.17) is 5.73 Å². The van der Waals surface area contributed by atoms with E-state index in [2.05, 4.69) is 20.6 Å². The molecule has 6 nitrogen and oxygen atoms in total. The predicted octanol–water partition coefficient (Wildman–Crippen LogP) is 2.57. The Morgan fingerprint density at radius 2 is 2.14 bits per heavy atom. The Morgan fingerprint density at radius 1 is 1.33 bits per heavy atom. The zero-order valence-electron chi connectivity index (χ0n) is 11.3. The molecule has 0 saturated heterocycles. The first-order valence-electron chi connectivity index (χ1n) is 6.27. The number of para-hydroxylation sites is 1. The van der Waals surface area contributed by atoms with Gasteiger partial charge in [-0.3, -0.25) is 9.78 Å². The number of pyridine rings is 1. The average molecular weight is 299 g/mol. The molecule has 0 radical (unpaired) electrons. The highest BCUT2D eigenvalue weighted by Gasteiger charge is 2.16. The van der Waals surface area contributed by atoms with Crippen molar-refractivity contribution in [1.29, 1.82) is 0 Å². The van der Waals surface area contributed by atoms with Crippen LogP contribution >= 0.6 is 11.3 Å². The minimum Gasteiger partial charge on any atom is -0.382 e. The molecule has 1 amide bonds. The van der Waals surface area contributed by atoms with Crippen LogP contribution in [0.5, 0.6) is 0 Å². The monoisotopic (exact) mass is 299 g/mol. The van der Waals surface area contributed by atoms with Gasteiger partial charge in [-0.05, 0) is 12.1 Å². The van der Waals surface area contributed by atoms with E-state index in [-0.39, 0.29) is 11.7 Å². The van der Waals surface area contributed by atoms with Gasteiger partial charge in [-0.1, -0.05) is 29.5 Å². The average Bonchev–Trinajstić information content (AvgIpc) is 2.88. The molecular weight excluding hydrogens is 286 g/mol. The van der Waals surface area contributed by atoms with E-state index < -0.39 is 0 Å². The van der Waals surface area contributed by atoms with Crippen LogP contribution in [0.1, 0.15) is 9.67 Å². The van der Waals surface area contributed by atoms with Crippen molar-refractivity contribution in [2.75, 3.05) is 23.4 Å². The minimum absolute atomic E-state index is 0.218. The number of nitrogens with zero attached hydrogens (tertiary/aromatic N) is 2. The quantitative estimate of drug-likeness (QED) is 0.691. The molecule has 0 saturated carbocycles. The number of nitrogen functional groups attached to an aromatic ring is 1. The highest BCUT2D eigenvalue weighted by atomic mass is 32.1. The summed E-state index contributed by atoms with van der Waals surface area (Å²) in [6.45, 7) is 0. The Kier molecular flexibility index (Phi) is 3.41. The lowest BCUT2D eigenvalue weighted by Gasteiger charge is -2.05. The molecule has 0 aliphatic carbocycles. The fraction of sp³-hybridized carbons (Fsp3) is 0.0714. The van der Waals surface area contributed by atoms with E-state index in [1.165, 1.54) is 11.3 Å². The highest BCUT2D eigenvalue weighted by molar-refractivity contribution is 7.18. The maximum absolute atomic E-state index is 12.2. The Hall–Kier alpha value is -2.67. The van der Waals surface area contributed by atoms with Gasteiger partial charge in [0.15, 0.2) is 5.13 Å². The molecule has 1 aromatic carbocycles. The first-order chi connectivity index (χ1) is 10.2. The van der Waals surface area contributed by atoms with E-state index >= 15 is 0 Å². The second kappa shape index (κ2) is 5.37. The minimum atomic E-state index is -0.288. The first kappa shape index (κ1) is 13.3. The number of hydrogen-bond acceptors (Lipinski definition) is 6. The number of rotatable bonds is 3. The molecule has 0 bridgehead atoms. The lowest BCUT2D eigenvalue weighted by molar-refractivity contribution is 0.103. The van der Waals surface area contributed by atoms with Gasteiger partial charge in [-0.2, -0.15) is 0 Å². The summed E-state index contributed by atoms with van der Waals surface area (Å²) in [6.07, 6.45) is 1.62. The predicted molar refractivity (Wildman–Crippen MR) is 85.8 cm³/mol. The molecule has 7 heteroatoms. The standard InChI is InChI=1S/C14H13N5OS/c1-16-14-19-12(15)11(21-14)13(20)18-9-6-8-4-2-3-5-10(8)17-7-9/h2-7H,15H2,1H3,(H,16,19)(H,18,20). The number of aromatic nitrogens is 2. The van der Waals surface area contributed by atoms with Gasteiger partial charge in [0.2, 0.25) is 0 Å². The largest absolute Gasteiger partial charge is 0.382 e. The molecule has 0 aliphatic rings. The molecule has 0 spiro atoms. The lowest BCUT2D eigenvalue weighted by Crippen LogP contribution is -2.12. The Labute approximate surface area is 125 Å². The van der Waals surface area contributed by atoms with Crippen LogP contribution < -0.4 is 16.4 Å². The Morgan fingerprint density at radius 3 is 2.90 bits per heavy atom. The smallest absolute Gasteiger partial charge is 0.269 e. The summed E-state index contributed by atoms with van der Waals surface area (Å²) in [5.41, 5.74) is 7.25. The third kappa shape index (κ3) is 2.63. The van der Waals surface area contributed by atoms with E-state index in [1.54, 1.807) is 13.2 Å². The number of fused-ring (bicyclic) bond motifs is 1. The summed E-state index contributed by atoms with van der Waals surface area (Å²) >= 11 is 1.21. The van der Waals surface area contributed by atoms with Gasteiger partial charge in [0.1, 0.15) is 10.7 Å². The molecule has 3 rings (SSSR count). The molecule has 21 heavy (non-hydrogen) atoms. The second-order valence-corrected chi connectivity index (χ2v) is 5.35. The van der Waals surface area contributed by atoms with Gasteiger partial charge < -0.3 is 16.4 Å². The number of thiazole rings is 1. The van der Waals surface area contributed by atoms with Crippen LogP contribution in [0.3, 0.4) is 0 Å². The molecule has 2 heterocycles. The molecule has 2 aromatic heterocycles. The Bertz CT molecular complexity index is 814. The summed E-state index contributed by atoms with van der Waals surface area (Å²) in [5, 5.41) is 7.22. The number of hydrogen-bond donors (Lipinski definition) is 3. The van der Waals surface area contributed by atoms with Crippen molar-refractivity contribution < 1.29 is 4.79 Å². The van der Waals surface area contributed by atoms with Gasteiger partial charge in [0.05, 0.1) is 17.4 Å². The number of carbonyl (C=O) groups is 1. The van der Waals surface area contributed by atoms with Gasteiger partial charge in [0, 0.05) is 12.4 Å². The van der Waals surface area contributed by atoms with Crippen molar-refractivity contribution in [3.8, 4) is 0 Å². The third-order valence-electron chi connectivity index (χ3n) is 2.92. The van der Waals surface area contributed by atoms with Crippen LogP contribution in [0.25, 0.3) is 10.9 Å². The molecule has 0 atom stereocenters. The summed E-state index contributed by atoms with van der Waals surface area (Å²) in [6, 6.07) is 9.58. The summed E-state index contributed by atoms with van der Waals surface area (Å²) in [4.78, 5) is 21.0. The SMILES string of the molecule is CNc1nc(N)c(C(=O)Nc2cnc3ccccc3c2)s1. The fourth-order valence-electron chi connectivity index (χ4n) is 1.93. The Balaban J connectivity index is 1.87. The van der Waals surface area contributed by atoms with Crippen LogP contribution in [0, 0.1) is 0 Å². The zero-order chi connectivity index (χ0) is 14.8. The lowest BCUT2D eigenvalue weighted by atomic mass is 10.2. The zero-order valence-corrected chi connectivity index (χ0v) is 12.1. The second-order valence-electron chi connectivity index (χ2n) is 4.35. The third-order valence-corrected chi connectivity index (χ3v) is 4.01. The topological polar surface area (TPSA) is 92.9 Å². The maximum Gasteiger partial charge on any atom is 0.269 e. The van der Waals surface area contributed by atoms with Crippen molar-refractivity contribution >= 4 is 44.8 Å². The molecule has 0 fully saturated rings. The fourth-order valence-corrected chi connectivity index (χ4v) is 2.66.